The summed E-state index contributed by atoms with van der Waals surface area (Å²) in [5.74, 6) is 1.33. The van der Waals surface area contributed by atoms with Crippen molar-refractivity contribution in [2.45, 2.75) is 45.1 Å². The topological polar surface area (TPSA) is 74.7 Å². The lowest BCUT2D eigenvalue weighted by molar-refractivity contribution is 0.328. The zero-order chi connectivity index (χ0) is 13.0. The van der Waals surface area contributed by atoms with Gasteiger partial charge < -0.3 is 11.1 Å². The molecule has 0 saturated heterocycles. The number of hydrogen-bond donors (Lipinski definition) is 2. The third kappa shape index (κ3) is 2.73. The van der Waals surface area contributed by atoms with Crippen molar-refractivity contribution in [2.75, 3.05) is 11.1 Å². The number of nitrogens with one attached hydrogen (secondary N) is 1. The van der Waals surface area contributed by atoms with E-state index in [9.17, 15) is 0 Å². The van der Waals surface area contributed by atoms with Gasteiger partial charge >= 0.3 is 0 Å². The Morgan fingerprint density at radius 3 is 2.83 bits per heavy atom. The number of anilines is 2. The molecule has 1 unspecified atom stereocenters. The monoisotopic (exact) mass is 244 g/mol. The predicted octanol–water partition coefficient (Wildman–Crippen LogP) is 2.92. The molecule has 96 valence electrons. The van der Waals surface area contributed by atoms with Gasteiger partial charge in [-0.15, -0.1) is 0 Å². The Bertz CT molecular complexity index is 444. The highest BCUT2D eigenvalue weighted by atomic mass is 15.0. The molecule has 4 nitrogen and oxygen atoms in total. The zero-order valence-corrected chi connectivity index (χ0v) is 10.8. The van der Waals surface area contributed by atoms with Gasteiger partial charge in [-0.3, -0.25) is 0 Å². The zero-order valence-electron chi connectivity index (χ0n) is 10.8. The van der Waals surface area contributed by atoms with Crippen molar-refractivity contribution < 1.29 is 0 Å². The van der Waals surface area contributed by atoms with Crippen molar-refractivity contribution in [1.29, 1.82) is 5.26 Å². The number of hydrogen-bond acceptors (Lipinski definition) is 4. The van der Waals surface area contributed by atoms with Crippen LogP contribution in [0.1, 0.15) is 44.6 Å². The molecule has 1 saturated carbocycles. The lowest BCUT2D eigenvalue weighted by Crippen LogP contribution is -2.28. The Hall–Kier alpha value is -1.76. The number of nitrogens with two attached hydrogens (primary N) is 1. The Kier molecular flexibility index (Phi) is 4.03. The maximum absolute atomic E-state index is 8.94. The van der Waals surface area contributed by atoms with Crippen molar-refractivity contribution in [1.82, 2.24) is 4.98 Å². The quantitative estimate of drug-likeness (QED) is 0.857. The van der Waals surface area contributed by atoms with E-state index in [0.717, 1.165) is 0 Å². The van der Waals surface area contributed by atoms with E-state index in [4.69, 9.17) is 11.0 Å². The first-order chi connectivity index (χ1) is 8.72. The van der Waals surface area contributed by atoms with Gasteiger partial charge in [0.25, 0.3) is 0 Å². The van der Waals surface area contributed by atoms with Crippen LogP contribution in [0.5, 0.6) is 0 Å². The molecular formula is C14H20N4. The molecule has 1 fully saturated rings. The maximum atomic E-state index is 8.94. The van der Waals surface area contributed by atoms with E-state index in [2.05, 4.69) is 23.3 Å². The second-order valence-corrected chi connectivity index (χ2v) is 5.06. The number of nitrogen functional groups attached to an aromatic ring is 1. The van der Waals surface area contributed by atoms with Gasteiger partial charge in [0.05, 0.1) is 11.3 Å². The minimum atomic E-state index is 0.356. The largest absolute Gasteiger partial charge is 0.395 e. The molecule has 0 radical (unpaired) electrons. The van der Waals surface area contributed by atoms with Gasteiger partial charge in [0, 0.05) is 12.2 Å². The molecule has 4 heteroatoms. The summed E-state index contributed by atoms with van der Waals surface area (Å²) in [7, 11) is 0. The van der Waals surface area contributed by atoms with Crippen LogP contribution in [0.3, 0.4) is 0 Å². The van der Waals surface area contributed by atoms with E-state index in [1.165, 1.54) is 32.1 Å². The first-order valence-corrected chi connectivity index (χ1v) is 6.63. The van der Waals surface area contributed by atoms with Crippen molar-refractivity contribution in [3.63, 3.8) is 0 Å². The van der Waals surface area contributed by atoms with Crippen LogP contribution in [-0.2, 0) is 0 Å². The summed E-state index contributed by atoms with van der Waals surface area (Å²) in [6, 6.07) is 4.08. The minimum absolute atomic E-state index is 0.356. The van der Waals surface area contributed by atoms with Crippen LogP contribution in [0.15, 0.2) is 12.3 Å². The van der Waals surface area contributed by atoms with Crippen molar-refractivity contribution in [3.8, 4) is 6.07 Å². The molecular weight excluding hydrogens is 224 g/mol. The molecule has 1 atom stereocenters. The molecule has 0 aromatic carbocycles. The lowest BCUT2D eigenvalue weighted by Gasteiger charge is -2.29. The van der Waals surface area contributed by atoms with Gasteiger partial charge in [0.2, 0.25) is 0 Å². The maximum Gasteiger partial charge on any atom is 0.150 e. The van der Waals surface area contributed by atoms with E-state index >= 15 is 0 Å². The van der Waals surface area contributed by atoms with Gasteiger partial charge in [0.1, 0.15) is 6.07 Å². The van der Waals surface area contributed by atoms with Crippen LogP contribution in [0.2, 0.25) is 0 Å². The average molecular weight is 244 g/mol. The van der Waals surface area contributed by atoms with Crippen molar-refractivity contribution in [2.24, 2.45) is 5.92 Å². The number of aromatic nitrogens is 1. The SMILES string of the molecule is CC(Nc1nccc(C#N)c1N)C1CCCCC1. The molecule has 0 amide bonds. The Morgan fingerprint density at radius 1 is 1.44 bits per heavy atom. The highest BCUT2D eigenvalue weighted by Gasteiger charge is 2.21. The average Bonchev–Trinajstić information content (AvgIpc) is 2.42. The van der Waals surface area contributed by atoms with Gasteiger partial charge in [-0.2, -0.15) is 5.26 Å². The molecule has 2 rings (SSSR count). The molecule has 1 heterocycles. The fourth-order valence-electron chi connectivity index (χ4n) is 2.65. The second-order valence-electron chi connectivity index (χ2n) is 5.06. The summed E-state index contributed by atoms with van der Waals surface area (Å²) in [6.45, 7) is 2.18. The fourth-order valence-corrected chi connectivity index (χ4v) is 2.65. The molecule has 1 aromatic rings. The van der Waals surface area contributed by atoms with E-state index in [-0.39, 0.29) is 0 Å². The third-order valence-corrected chi connectivity index (χ3v) is 3.83. The summed E-state index contributed by atoms with van der Waals surface area (Å²) in [4.78, 5) is 4.23. The Morgan fingerprint density at radius 2 is 2.17 bits per heavy atom. The summed E-state index contributed by atoms with van der Waals surface area (Å²) >= 11 is 0. The standard InChI is InChI=1S/C14H20N4/c1-10(11-5-3-2-4-6-11)18-14-13(16)12(9-15)7-8-17-14/h7-8,10-11H,2-6,16H2,1H3,(H,17,18). The number of pyridine rings is 1. The third-order valence-electron chi connectivity index (χ3n) is 3.83. The molecule has 18 heavy (non-hydrogen) atoms. The van der Waals surface area contributed by atoms with E-state index in [0.29, 0.717) is 29.0 Å². The smallest absolute Gasteiger partial charge is 0.150 e. The highest BCUT2D eigenvalue weighted by Crippen LogP contribution is 2.29. The predicted molar refractivity (Wildman–Crippen MR) is 73.0 cm³/mol. The number of nitrogens with zero attached hydrogens (tertiary/aromatic N) is 2. The molecule has 1 aromatic heterocycles. The first kappa shape index (κ1) is 12.7. The molecule has 3 N–H and O–H groups in total. The van der Waals surface area contributed by atoms with Crippen LogP contribution >= 0.6 is 0 Å². The van der Waals surface area contributed by atoms with E-state index < -0.39 is 0 Å². The number of rotatable bonds is 3. The molecule has 1 aliphatic rings. The lowest BCUT2D eigenvalue weighted by atomic mass is 9.84. The van der Waals surface area contributed by atoms with E-state index in [1.54, 1.807) is 12.3 Å². The van der Waals surface area contributed by atoms with Gasteiger partial charge in [0.15, 0.2) is 5.82 Å². The Balaban J connectivity index is 2.07. The fraction of sp³-hybridized carbons (Fsp3) is 0.571. The van der Waals surface area contributed by atoms with E-state index in [1.807, 2.05) is 0 Å². The van der Waals surface area contributed by atoms with Gasteiger partial charge in [-0.25, -0.2) is 4.98 Å². The van der Waals surface area contributed by atoms with Crippen LogP contribution < -0.4 is 11.1 Å². The second kappa shape index (κ2) is 5.72. The summed E-state index contributed by atoms with van der Waals surface area (Å²) in [5, 5.41) is 12.3. The molecule has 0 bridgehead atoms. The van der Waals surface area contributed by atoms with Crippen LogP contribution in [0.25, 0.3) is 0 Å². The summed E-state index contributed by atoms with van der Waals surface area (Å²) in [5.41, 5.74) is 6.87. The van der Waals surface area contributed by atoms with Crippen molar-refractivity contribution >= 4 is 11.5 Å². The Labute approximate surface area is 108 Å². The summed E-state index contributed by atoms with van der Waals surface area (Å²) in [6.07, 6.45) is 8.16. The summed E-state index contributed by atoms with van der Waals surface area (Å²) < 4.78 is 0. The van der Waals surface area contributed by atoms with Crippen molar-refractivity contribution in [3.05, 3.63) is 17.8 Å². The van der Waals surface area contributed by atoms with Gasteiger partial charge in [-0.05, 0) is 31.7 Å². The van der Waals surface area contributed by atoms with Crippen LogP contribution in [0.4, 0.5) is 11.5 Å². The highest BCUT2D eigenvalue weighted by molar-refractivity contribution is 5.69. The normalized spacial score (nSPS) is 18.0. The minimum Gasteiger partial charge on any atom is -0.395 e. The number of nitriles is 1. The van der Waals surface area contributed by atoms with Crippen LogP contribution in [-0.4, -0.2) is 11.0 Å². The molecule has 1 aliphatic carbocycles. The molecule has 0 spiro atoms. The first-order valence-electron chi connectivity index (χ1n) is 6.63. The van der Waals surface area contributed by atoms with Gasteiger partial charge in [-0.1, -0.05) is 19.3 Å². The molecule has 0 aliphatic heterocycles. The van der Waals surface area contributed by atoms with Crippen LogP contribution in [0, 0.1) is 17.2 Å².